The first-order valence-corrected chi connectivity index (χ1v) is 13.7. The average Bonchev–Trinajstić information content (AvgIpc) is 3.16. The van der Waals surface area contributed by atoms with Crippen LogP contribution in [0.25, 0.3) is 10.9 Å². The van der Waals surface area contributed by atoms with Crippen LogP contribution in [0.5, 0.6) is 0 Å². The summed E-state index contributed by atoms with van der Waals surface area (Å²) >= 11 is 3.28. The second-order valence-electron chi connectivity index (χ2n) is 7.28. The van der Waals surface area contributed by atoms with Crippen molar-refractivity contribution in [3.63, 3.8) is 0 Å². The van der Waals surface area contributed by atoms with Gasteiger partial charge in [0.15, 0.2) is 0 Å². The lowest BCUT2D eigenvalue weighted by atomic mass is 10.1. The van der Waals surface area contributed by atoms with E-state index in [2.05, 4.69) is 31.0 Å². The van der Waals surface area contributed by atoms with E-state index in [0.29, 0.717) is 32.3 Å². The minimum absolute atomic E-state index is 0.0498. The third-order valence-electron chi connectivity index (χ3n) is 4.74. The summed E-state index contributed by atoms with van der Waals surface area (Å²) in [5.74, 6) is -0.443. The second-order valence-corrected chi connectivity index (χ2v) is 11.9. The van der Waals surface area contributed by atoms with E-state index < -0.39 is 25.8 Å². The maximum absolute atomic E-state index is 13.0. The van der Waals surface area contributed by atoms with Gasteiger partial charge in [-0.1, -0.05) is 28.1 Å². The van der Waals surface area contributed by atoms with Gasteiger partial charge in [-0.15, -0.1) is 0 Å². The fourth-order valence-electron chi connectivity index (χ4n) is 3.30. The topological polar surface area (TPSA) is 125 Å². The summed E-state index contributed by atoms with van der Waals surface area (Å²) in [6.45, 7) is 0. The number of hydrogen-bond acceptors (Lipinski definition) is 5. The molecule has 0 bridgehead atoms. The number of sulfonamides is 1. The summed E-state index contributed by atoms with van der Waals surface area (Å²) in [6, 6.07) is 17.2. The number of rotatable bonds is 6. The fourth-order valence-corrected chi connectivity index (χ4v) is 5.76. The maximum Gasteiger partial charge on any atom is 0.257 e. The molecule has 0 spiro atoms. The number of amides is 1. The number of H-pyrrole nitrogens is 1. The Balaban J connectivity index is 1.60. The lowest BCUT2D eigenvalue weighted by molar-refractivity contribution is 0.102. The van der Waals surface area contributed by atoms with Gasteiger partial charge in [0, 0.05) is 27.3 Å². The van der Waals surface area contributed by atoms with Gasteiger partial charge in [-0.25, -0.2) is 16.8 Å². The molecule has 8 nitrogen and oxygen atoms in total. The summed E-state index contributed by atoms with van der Waals surface area (Å²) in [6.07, 6.45) is 2.56. The van der Waals surface area contributed by atoms with E-state index in [0.717, 1.165) is 6.26 Å². The highest BCUT2D eigenvalue weighted by Gasteiger charge is 2.19. The zero-order valence-corrected chi connectivity index (χ0v) is 20.4. The van der Waals surface area contributed by atoms with Crippen molar-refractivity contribution in [3.05, 3.63) is 83.0 Å². The largest absolute Gasteiger partial charge is 0.360 e. The number of fused-ring (bicyclic) bond motifs is 1. The number of anilines is 2. The third kappa shape index (κ3) is 5.10. The maximum atomic E-state index is 13.0. The van der Waals surface area contributed by atoms with E-state index >= 15 is 0 Å². The first-order chi connectivity index (χ1) is 15.5. The molecule has 0 saturated heterocycles. The summed E-state index contributed by atoms with van der Waals surface area (Å²) in [5, 5.41) is 3.31. The molecule has 0 aliphatic carbocycles. The third-order valence-corrected chi connectivity index (χ3v) is 7.59. The van der Waals surface area contributed by atoms with Crippen LogP contribution < -0.4 is 10.0 Å². The van der Waals surface area contributed by atoms with Crippen LogP contribution in [0.4, 0.5) is 11.4 Å². The van der Waals surface area contributed by atoms with Crippen LogP contribution >= 0.6 is 15.9 Å². The number of aromatic nitrogens is 1. The summed E-state index contributed by atoms with van der Waals surface area (Å²) in [7, 11) is -7.20. The Morgan fingerprint density at radius 2 is 1.58 bits per heavy atom. The van der Waals surface area contributed by atoms with Gasteiger partial charge in [0.2, 0.25) is 19.9 Å². The second kappa shape index (κ2) is 8.65. The van der Waals surface area contributed by atoms with Gasteiger partial charge in [0.05, 0.1) is 27.3 Å². The van der Waals surface area contributed by atoms with Gasteiger partial charge in [0.1, 0.15) is 0 Å². The summed E-state index contributed by atoms with van der Waals surface area (Å²) in [4.78, 5) is 16.0. The molecule has 170 valence electrons. The molecular formula is C22H18BrN3O5S2. The average molecular weight is 548 g/mol. The smallest absolute Gasteiger partial charge is 0.257 e. The molecular weight excluding hydrogens is 530 g/mol. The molecule has 11 heteroatoms. The van der Waals surface area contributed by atoms with Crippen molar-refractivity contribution in [2.75, 3.05) is 16.3 Å². The van der Waals surface area contributed by atoms with Crippen molar-refractivity contribution in [1.29, 1.82) is 0 Å². The van der Waals surface area contributed by atoms with Gasteiger partial charge in [-0.3, -0.25) is 9.52 Å². The molecule has 0 aliphatic rings. The zero-order valence-electron chi connectivity index (χ0n) is 17.2. The van der Waals surface area contributed by atoms with Crippen LogP contribution in [0.15, 0.2) is 87.2 Å². The van der Waals surface area contributed by atoms with Gasteiger partial charge in [-0.05, 0) is 54.6 Å². The van der Waals surface area contributed by atoms with Crippen molar-refractivity contribution < 1.29 is 21.6 Å². The molecule has 0 unspecified atom stereocenters. The SMILES string of the molecule is CS(=O)(=O)Nc1ccc2c(C(=O)Nc3cccc(S(=O)(=O)c4cccc(Br)c4)c3)c[nH]c2c1. The van der Waals surface area contributed by atoms with Gasteiger partial charge in [-0.2, -0.15) is 0 Å². The van der Waals surface area contributed by atoms with Gasteiger partial charge in [0.25, 0.3) is 5.91 Å². The predicted octanol–water partition coefficient (Wildman–Crippen LogP) is 4.39. The Labute approximate surface area is 199 Å². The molecule has 33 heavy (non-hydrogen) atoms. The first kappa shape index (κ1) is 23.0. The summed E-state index contributed by atoms with van der Waals surface area (Å²) < 4.78 is 51.8. The van der Waals surface area contributed by atoms with Crippen LogP contribution in [0, 0.1) is 0 Å². The highest BCUT2D eigenvalue weighted by Crippen LogP contribution is 2.27. The van der Waals surface area contributed by atoms with Crippen LogP contribution in [0.2, 0.25) is 0 Å². The number of benzene rings is 3. The lowest BCUT2D eigenvalue weighted by Gasteiger charge is -2.09. The van der Waals surface area contributed by atoms with Crippen LogP contribution in [-0.2, 0) is 19.9 Å². The van der Waals surface area contributed by atoms with E-state index in [9.17, 15) is 21.6 Å². The van der Waals surface area contributed by atoms with E-state index in [1.165, 1.54) is 30.5 Å². The normalized spacial score (nSPS) is 11.9. The molecule has 3 aromatic carbocycles. The summed E-state index contributed by atoms with van der Waals surface area (Å²) in [5.41, 5.74) is 1.58. The quantitative estimate of drug-likeness (QED) is 0.330. The Morgan fingerprint density at radius 1 is 0.879 bits per heavy atom. The van der Waals surface area contributed by atoms with E-state index in [1.54, 1.807) is 42.5 Å². The molecule has 4 aromatic rings. The Morgan fingerprint density at radius 3 is 2.27 bits per heavy atom. The van der Waals surface area contributed by atoms with Crippen LogP contribution in [-0.4, -0.2) is 34.0 Å². The van der Waals surface area contributed by atoms with Crippen molar-refractivity contribution in [3.8, 4) is 0 Å². The van der Waals surface area contributed by atoms with Crippen LogP contribution in [0.1, 0.15) is 10.4 Å². The molecule has 0 atom stereocenters. The molecule has 0 saturated carbocycles. The Hall–Kier alpha value is -3.15. The Kier molecular flexibility index (Phi) is 6.04. The first-order valence-electron chi connectivity index (χ1n) is 9.54. The van der Waals surface area contributed by atoms with Gasteiger partial charge < -0.3 is 10.3 Å². The number of carbonyl (C=O) groups excluding carboxylic acids is 1. The number of hydrogen-bond donors (Lipinski definition) is 3. The van der Waals surface area contributed by atoms with Crippen molar-refractivity contribution in [1.82, 2.24) is 4.98 Å². The number of aromatic amines is 1. The molecule has 1 heterocycles. The van der Waals surface area contributed by atoms with Crippen molar-refractivity contribution >= 4 is 64.0 Å². The lowest BCUT2D eigenvalue weighted by Crippen LogP contribution is -2.12. The standard InChI is InChI=1S/C22H18BrN3O5S2/c1-32(28,29)26-16-8-9-19-20(13-24-21(19)12-16)22(27)25-15-5-3-7-18(11-15)33(30,31)17-6-2-4-14(23)10-17/h2-13,24,26H,1H3,(H,25,27). The van der Waals surface area contributed by atoms with E-state index in [4.69, 9.17) is 0 Å². The molecule has 1 amide bonds. The van der Waals surface area contributed by atoms with E-state index in [1.807, 2.05) is 0 Å². The van der Waals surface area contributed by atoms with Crippen molar-refractivity contribution in [2.24, 2.45) is 0 Å². The predicted molar refractivity (Wildman–Crippen MR) is 131 cm³/mol. The minimum Gasteiger partial charge on any atom is -0.360 e. The van der Waals surface area contributed by atoms with E-state index in [-0.39, 0.29) is 9.79 Å². The fraction of sp³-hybridized carbons (Fsp3) is 0.0455. The molecule has 0 fully saturated rings. The highest BCUT2D eigenvalue weighted by molar-refractivity contribution is 9.10. The Bertz CT molecular complexity index is 1600. The van der Waals surface area contributed by atoms with Gasteiger partial charge >= 0.3 is 0 Å². The highest BCUT2D eigenvalue weighted by atomic mass is 79.9. The molecule has 0 aliphatic heterocycles. The molecule has 1 aromatic heterocycles. The number of sulfone groups is 1. The molecule has 4 rings (SSSR count). The molecule has 3 N–H and O–H groups in total. The number of halogens is 1. The minimum atomic E-state index is -3.77. The van der Waals surface area contributed by atoms with Crippen LogP contribution in [0.3, 0.4) is 0 Å². The van der Waals surface area contributed by atoms with Crippen molar-refractivity contribution in [2.45, 2.75) is 9.79 Å². The number of nitrogens with one attached hydrogen (secondary N) is 3. The number of carbonyl (C=O) groups is 1. The molecule has 0 radical (unpaired) electrons. The monoisotopic (exact) mass is 547 g/mol. The zero-order chi connectivity index (χ0) is 23.8.